The van der Waals surface area contributed by atoms with Gasteiger partial charge >= 0.3 is 24.0 Å². The van der Waals surface area contributed by atoms with Crippen LogP contribution in [0.4, 0.5) is 33.3 Å². The number of ether oxygens (including phenoxy) is 3. The minimum Gasteiger partial charge on any atom is -0.494 e. The number of carbonyl (C=O) groups is 2. The molecule has 0 saturated carbocycles. The first kappa shape index (κ1) is 30.9. The number of anilines is 2. The zero-order valence-electron chi connectivity index (χ0n) is 21.6. The van der Waals surface area contributed by atoms with Gasteiger partial charge < -0.3 is 25.7 Å². The Morgan fingerprint density at radius 2 is 1.41 bits per heavy atom. The lowest BCUT2D eigenvalue weighted by molar-refractivity contribution is -0.284. The van der Waals surface area contributed by atoms with Crippen LogP contribution in [-0.2, 0) is 16.0 Å². The minimum absolute atomic E-state index is 0.144. The highest BCUT2D eigenvalue weighted by molar-refractivity contribution is 5.91. The van der Waals surface area contributed by atoms with Crippen molar-refractivity contribution in [1.82, 2.24) is 0 Å². The molecule has 7 nitrogen and oxygen atoms in total. The summed E-state index contributed by atoms with van der Waals surface area (Å²) >= 11 is 0. The molecule has 41 heavy (non-hydrogen) atoms. The third-order valence-electron chi connectivity index (χ3n) is 5.58. The van der Waals surface area contributed by atoms with Crippen molar-refractivity contribution < 1.29 is 45.8 Å². The summed E-state index contributed by atoms with van der Waals surface area (Å²) in [5, 5.41) is 0. The van der Waals surface area contributed by atoms with E-state index in [1.165, 1.54) is 48.6 Å². The monoisotopic (exact) mass is 578 g/mol. The van der Waals surface area contributed by atoms with E-state index in [4.69, 9.17) is 25.7 Å². The van der Waals surface area contributed by atoms with E-state index in [0.717, 1.165) is 5.56 Å². The molecule has 12 heteroatoms. The highest BCUT2D eigenvalue weighted by Crippen LogP contribution is 2.38. The lowest BCUT2D eigenvalue weighted by Gasteiger charge is -2.19. The molecule has 0 fully saturated rings. The first-order valence-corrected chi connectivity index (χ1v) is 12.3. The fourth-order valence-electron chi connectivity index (χ4n) is 3.50. The van der Waals surface area contributed by atoms with Gasteiger partial charge in [-0.1, -0.05) is 12.1 Å². The Morgan fingerprint density at radius 3 is 2.02 bits per heavy atom. The summed E-state index contributed by atoms with van der Waals surface area (Å²) in [6.45, 7) is -0.201. The Kier molecular flexibility index (Phi) is 10.3. The molecular formula is C29H27F5N2O5. The van der Waals surface area contributed by atoms with E-state index in [0.29, 0.717) is 23.4 Å². The Balaban J connectivity index is 1.41. The Labute approximate surface area is 232 Å². The van der Waals surface area contributed by atoms with Gasteiger partial charge in [0.05, 0.1) is 18.8 Å². The van der Waals surface area contributed by atoms with Gasteiger partial charge in [0.2, 0.25) is 0 Å². The highest BCUT2D eigenvalue weighted by atomic mass is 19.4. The summed E-state index contributed by atoms with van der Waals surface area (Å²) in [6.07, 6.45) is -4.25. The second kappa shape index (κ2) is 13.6. The van der Waals surface area contributed by atoms with E-state index in [-0.39, 0.29) is 30.3 Å². The summed E-state index contributed by atoms with van der Waals surface area (Å²) in [7, 11) is 0. The fraction of sp³-hybridized carbons (Fsp3) is 0.241. The minimum atomic E-state index is -5.60. The number of nitrogen functional groups attached to an aromatic ring is 2. The fourth-order valence-corrected chi connectivity index (χ4v) is 3.50. The predicted octanol–water partition coefficient (Wildman–Crippen LogP) is 6.23. The van der Waals surface area contributed by atoms with E-state index < -0.39 is 36.9 Å². The first-order chi connectivity index (χ1) is 19.3. The molecule has 0 atom stereocenters. The van der Waals surface area contributed by atoms with Crippen molar-refractivity contribution in [2.24, 2.45) is 0 Å². The number of alkyl halides is 5. The quantitative estimate of drug-likeness (QED) is 0.0655. The van der Waals surface area contributed by atoms with E-state index in [1.54, 1.807) is 30.3 Å². The molecule has 0 radical (unpaired) electrons. The van der Waals surface area contributed by atoms with Crippen molar-refractivity contribution in [3.8, 4) is 11.5 Å². The van der Waals surface area contributed by atoms with Crippen LogP contribution >= 0.6 is 0 Å². The Bertz CT molecular complexity index is 1340. The largest absolute Gasteiger partial charge is 0.494 e. The van der Waals surface area contributed by atoms with Gasteiger partial charge in [0.25, 0.3) is 0 Å². The van der Waals surface area contributed by atoms with Crippen LogP contribution in [0.5, 0.6) is 11.5 Å². The first-order valence-electron chi connectivity index (χ1n) is 12.3. The summed E-state index contributed by atoms with van der Waals surface area (Å²) in [6, 6.07) is 16.9. The van der Waals surface area contributed by atoms with Gasteiger partial charge in [-0.3, -0.25) is 0 Å². The molecule has 0 bridgehead atoms. The maximum Gasteiger partial charge on any atom is 0.453 e. The van der Waals surface area contributed by atoms with Crippen LogP contribution in [0, 0.1) is 0 Å². The Morgan fingerprint density at radius 1 is 0.805 bits per heavy atom. The molecule has 3 rings (SSSR count). The van der Waals surface area contributed by atoms with Crippen molar-refractivity contribution in [3.05, 3.63) is 89.5 Å². The molecule has 0 amide bonds. The van der Waals surface area contributed by atoms with Gasteiger partial charge in [-0.05, 0) is 78.2 Å². The second-order valence-electron chi connectivity index (χ2n) is 8.90. The smallest absolute Gasteiger partial charge is 0.453 e. The van der Waals surface area contributed by atoms with Gasteiger partial charge in [0.1, 0.15) is 11.5 Å². The second-order valence-corrected chi connectivity index (χ2v) is 8.90. The average molecular weight is 579 g/mol. The van der Waals surface area contributed by atoms with Crippen molar-refractivity contribution >= 4 is 29.4 Å². The summed E-state index contributed by atoms with van der Waals surface area (Å²) < 4.78 is 78.0. The van der Waals surface area contributed by atoms with Crippen LogP contribution in [0.3, 0.4) is 0 Å². The molecule has 0 aromatic heterocycles. The topological polar surface area (TPSA) is 114 Å². The molecule has 0 aliphatic rings. The van der Waals surface area contributed by atoms with Gasteiger partial charge in [0, 0.05) is 30.3 Å². The standard InChI is InChI=1S/C29H27F5N2O5/c30-28(31,29(32,33)34)13-1-14-39-24-7-9-25(10-8-24)41-27(38)21-5-2-19(3-6-21)4-11-26(37)40-15-12-20-16-22(35)18-23(36)17-20/h2-11,16-18H,1,12-15,35-36H2/b11-4+. The maximum absolute atomic E-state index is 12.9. The number of hydrogen-bond donors (Lipinski definition) is 2. The van der Waals surface area contributed by atoms with Gasteiger partial charge in [-0.2, -0.15) is 22.0 Å². The number of hydrogen-bond acceptors (Lipinski definition) is 7. The number of nitrogens with two attached hydrogens (primary N) is 2. The van der Waals surface area contributed by atoms with Crippen molar-refractivity contribution in [2.75, 3.05) is 24.7 Å². The van der Waals surface area contributed by atoms with Gasteiger partial charge in [0.15, 0.2) is 0 Å². The zero-order chi connectivity index (χ0) is 30.0. The van der Waals surface area contributed by atoms with Crippen LogP contribution in [0.1, 0.15) is 34.3 Å². The number of carbonyl (C=O) groups excluding carboxylic acids is 2. The third kappa shape index (κ3) is 9.82. The van der Waals surface area contributed by atoms with E-state index >= 15 is 0 Å². The summed E-state index contributed by atoms with van der Waals surface area (Å²) in [4.78, 5) is 24.4. The maximum atomic E-state index is 12.9. The predicted molar refractivity (Wildman–Crippen MR) is 143 cm³/mol. The molecule has 0 aliphatic heterocycles. The van der Waals surface area contributed by atoms with Crippen LogP contribution in [0.2, 0.25) is 0 Å². The van der Waals surface area contributed by atoms with E-state index in [1.807, 2.05) is 0 Å². The van der Waals surface area contributed by atoms with Gasteiger partial charge in [-0.15, -0.1) is 0 Å². The van der Waals surface area contributed by atoms with E-state index in [2.05, 4.69) is 0 Å². The molecule has 3 aromatic rings. The molecule has 0 spiro atoms. The van der Waals surface area contributed by atoms with Crippen LogP contribution in [0.25, 0.3) is 6.08 Å². The molecule has 0 unspecified atom stereocenters. The lowest BCUT2D eigenvalue weighted by atomic mass is 10.1. The van der Waals surface area contributed by atoms with E-state index in [9.17, 15) is 31.5 Å². The van der Waals surface area contributed by atoms with Gasteiger partial charge in [-0.25, -0.2) is 9.59 Å². The summed E-state index contributed by atoms with van der Waals surface area (Å²) in [5.74, 6) is -5.60. The number of esters is 2. The molecule has 3 aromatic carbocycles. The van der Waals surface area contributed by atoms with Crippen LogP contribution in [0.15, 0.2) is 72.8 Å². The number of halogens is 5. The highest BCUT2D eigenvalue weighted by Gasteiger charge is 2.56. The SMILES string of the molecule is Nc1cc(N)cc(CCOC(=O)/C=C/c2ccc(C(=O)Oc3ccc(OCCCC(F)(F)C(F)(F)F)cc3)cc2)c1. The molecular weight excluding hydrogens is 551 g/mol. The number of rotatable bonds is 12. The molecule has 218 valence electrons. The van der Waals surface area contributed by atoms with Crippen molar-refractivity contribution in [3.63, 3.8) is 0 Å². The zero-order valence-corrected chi connectivity index (χ0v) is 21.6. The molecule has 0 saturated heterocycles. The molecule has 0 aliphatic carbocycles. The third-order valence-corrected chi connectivity index (χ3v) is 5.58. The molecule has 0 heterocycles. The number of benzene rings is 3. The van der Waals surface area contributed by atoms with Crippen molar-refractivity contribution in [2.45, 2.75) is 31.4 Å². The average Bonchev–Trinajstić information content (AvgIpc) is 2.90. The Hall–Kier alpha value is -4.61. The summed E-state index contributed by atoms with van der Waals surface area (Å²) in [5.41, 5.74) is 14.2. The lowest BCUT2D eigenvalue weighted by Crippen LogP contribution is -2.36. The van der Waals surface area contributed by atoms with Crippen molar-refractivity contribution in [1.29, 1.82) is 0 Å². The van der Waals surface area contributed by atoms with Crippen LogP contribution < -0.4 is 20.9 Å². The molecule has 4 N–H and O–H groups in total. The normalized spacial score (nSPS) is 11.8. The van der Waals surface area contributed by atoms with Crippen LogP contribution in [-0.4, -0.2) is 37.3 Å².